The molecule has 1 amide bonds. The molecule has 8 heteroatoms. The molecule has 2 rings (SSSR count). The first-order valence-electron chi connectivity index (χ1n) is 6.21. The Bertz CT molecular complexity index is 604. The van der Waals surface area contributed by atoms with Gasteiger partial charge in [0.25, 0.3) is 5.91 Å². The minimum atomic E-state index is -0.112. The Morgan fingerprint density at radius 2 is 1.95 bits per heavy atom. The molecule has 0 spiro atoms. The highest BCUT2D eigenvalue weighted by atomic mass is 35.5. The van der Waals surface area contributed by atoms with Gasteiger partial charge >= 0.3 is 0 Å². The lowest BCUT2D eigenvalue weighted by molar-refractivity contribution is 0.0743. The van der Waals surface area contributed by atoms with Crippen LogP contribution >= 0.6 is 47.8 Å². The van der Waals surface area contributed by atoms with Crippen molar-refractivity contribution in [3.05, 3.63) is 40.4 Å². The average molecular weight is 383 g/mol. The third kappa shape index (κ3) is 4.83. The van der Waals surface area contributed by atoms with Crippen LogP contribution in [0.5, 0.6) is 0 Å². The van der Waals surface area contributed by atoms with E-state index < -0.39 is 0 Å². The van der Waals surface area contributed by atoms with E-state index in [4.69, 9.17) is 17.3 Å². The predicted molar refractivity (Wildman–Crippen MR) is 97.7 cm³/mol. The number of carbonyl (C=O) groups excluding carboxylic acids is 1. The number of nitrogens with two attached hydrogens (primary N) is 1. The summed E-state index contributed by atoms with van der Waals surface area (Å²) in [7, 11) is 1.74. The Hall–Kier alpha value is -0.850. The van der Waals surface area contributed by atoms with Gasteiger partial charge in [-0.05, 0) is 19.1 Å². The molecule has 1 aromatic heterocycles. The molecule has 2 N–H and O–H groups in total. The molecule has 122 valence electrons. The van der Waals surface area contributed by atoms with Gasteiger partial charge in [-0.2, -0.15) is 0 Å². The Balaban J connectivity index is 0.00000220. The number of hydrogen-bond acceptors (Lipinski definition) is 4. The molecule has 1 heterocycles. The minimum absolute atomic E-state index is 0. The van der Waals surface area contributed by atoms with Crippen molar-refractivity contribution in [1.82, 2.24) is 9.88 Å². The molecule has 0 radical (unpaired) electrons. The van der Waals surface area contributed by atoms with E-state index in [-0.39, 0.29) is 36.8 Å². The fraction of sp³-hybridized carbons (Fsp3) is 0.286. The Morgan fingerprint density at radius 3 is 2.50 bits per heavy atom. The van der Waals surface area contributed by atoms with Gasteiger partial charge in [-0.3, -0.25) is 4.79 Å². The van der Waals surface area contributed by atoms with E-state index in [0.29, 0.717) is 17.3 Å². The van der Waals surface area contributed by atoms with Crippen molar-refractivity contribution in [2.45, 2.75) is 13.0 Å². The molecular weight excluding hydrogens is 365 g/mol. The molecule has 0 fully saturated rings. The Kier molecular flexibility index (Phi) is 8.96. The van der Waals surface area contributed by atoms with E-state index in [1.165, 1.54) is 11.3 Å². The zero-order chi connectivity index (χ0) is 14.7. The van der Waals surface area contributed by atoms with Crippen molar-refractivity contribution < 1.29 is 4.79 Å². The van der Waals surface area contributed by atoms with Crippen LogP contribution in [0.2, 0.25) is 5.02 Å². The van der Waals surface area contributed by atoms with E-state index in [9.17, 15) is 4.79 Å². The van der Waals surface area contributed by atoms with Gasteiger partial charge in [-0.1, -0.05) is 23.7 Å². The lowest BCUT2D eigenvalue weighted by Crippen LogP contribution is -2.39. The zero-order valence-corrected chi connectivity index (χ0v) is 15.4. The van der Waals surface area contributed by atoms with Crippen molar-refractivity contribution in [2.75, 3.05) is 13.6 Å². The molecule has 0 saturated heterocycles. The van der Waals surface area contributed by atoms with E-state index in [0.717, 1.165) is 10.6 Å². The number of rotatable bonds is 4. The molecule has 0 bridgehead atoms. The van der Waals surface area contributed by atoms with Gasteiger partial charge in [0.05, 0.1) is 0 Å². The van der Waals surface area contributed by atoms with E-state index in [1.807, 2.05) is 31.2 Å². The van der Waals surface area contributed by atoms with Crippen LogP contribution in [0.3, 0.4) is 0 Å². The quantitative estimate of drug-likeness (QED) is 0.876. The van der Waals surface area contributed by atoms with Gasteiger partial charge in [0.2, 0.25) is 0 Å². The third-order valence-corrected chi connectivity index (χ3v) is 4.28. The zero-order valence-electron chi connectivity index (χ0n) is 12.2. The lowest BCUT2D eigenvalue weighted by Gasteiger charge is -2.22. The third-order valence-electron chi connectivity index (χ3n) is 3.14. The van der Waals surface area contributed by atoms with Crippen LogP contribution in [-0.2, 0) is 0 Å². The summed E-state index contributed by atoms with van der Waals surface area (Å²) in [6.45, 7) is 2.33. The maximum Gasteiger partial charge on any atom is 0.273 e. The summed E-state index contributed by atoms with van der Waals surface area (Å²) < 4.78 is 0. The first-order chi connectivity index (χ1) is 9.52. The highest BCUT2D eigenvalue weighted by molar-refractivity contribution is 7.13. The first-order valence-corrected chi connectivity index (χ1v) is 7.47. The molecule has 0 aliphatic rings. The summed E-state index contributed by atoms with van der Waals surface area (Å²) in [5.74, 6) is -0.112. The minimum Gasteiger partial charge on any atom is -0.336 e. The number of amides is 1. The van der Waals surface area contributed by atoms with Crippen molar-refractivity contribution in [3.63, 3.8) is 0 Å². The number of benzene rings is 1. The normalized spacial score (nSPS) is 11.1. The van der Waals surface area contributed by atoms with Gasteiger partial charge < -0.3 is 10.6 Å². The van der Waals surface area contributed by atoms with Crippen LogP contribution in [0.4, 0.5) is 0 Å². The summed E-state index contributed by atoms with van der Waals surface area (Å²) in [6.07, 6.45) is 0. The summed E-state index contributed by atoms with van der Waals surface area (Å²) >= 11 is 7.30. The fourth-order valence-corrected chi connectivity index (χ4v) is 2.56. The maximum absolute atomic E-state index is 12.2. The largest absolute Gasteiger partial charge is 0.336 e. The summed E-state index contributed by atoms with van der Waals surface area (Å²) in [4.78, 5) is 18.2. The molecule has 0 aliphatic heterocycles. The molecule has 0 saturated carbocycles. The predicted octanol–water partition coefficient (Wildman–Crippen LogP) is 3.73. The fourth-order valence-electron chi connectivity index (χ4n) is 1.64. The molecule has 1 atom stereocenters. The summed E-state index contributed by atoms with van der Waals surface area (Å²) in [6, 6.07) is 7.39. The number of hydrogen-bond donors (Lipinski definition) is 1. The highest BCUT2D eigenvalue weighted by Gasteiger charge is 2.19. The van der Waals surface area contributed by atoms with E-state index in [1.54, 1.807) is 17.3 Å². The smallest absolute Gasteiger partial charge is 0.273 e. The number of halogens is 3. The standard InChI is InChI=1S/C14H16ClN3OS.2ClH/c1-9(7-16)18(2)14(19)12-8-20-13(17-12)10-3-5-11(15)6-4-10;;/h3-6,8-9H,7,16H2,1-2H3;2*1H. The molecule has 4 nitrogen and oxygen atoms in total. The van der Waals surface area contributed by atoms with Crippen LogP contribution in [-0.4, -0.2) is 35.4 Å². The van der Waals surface area contributed by atoms with Crippen LogP contribution in [0.15, 0.2) is 29.6 Å². The molecule has 1 unspecified atom stereocenters. The van der Waals surface area contributed by atoms with Gasteiger partial charge in [-0.25, -0.2) is 4.98 Å². The summed E-state index contributed by atoms with van der Waals surface area (Å²) in [5.41, 5.74) is 6.97. The van der Waals surface area contributed by atoms with Gasteiger partial charge in [0, 0.05) is 35.6 Å². The van der Waals surface area contributed by atoms with Crippen LogP contribution in [0.25, 0.3) is 10.6 Å². The Morgan fingerprint density at radius 1 is 1.36 bits per heavy atom. The second-order valence-electron chi connectivity index (χ2n) is 4.55. The topological polar surface area (TPSA) is 59.2 Å². The van der Waals surface area contributed by atoms with Crippen molar-refractivity contribution >= 4 is 53.7 Å². The van der Waals surface area contributed by atoms with Gasteiger partial charge in [-0.15, -0.1) is 36.2 Å². The number of thiazole rings is 1. The number of carbonyl (C=O) groups is 1. The molecule has 22 heavy (non-hydrogen) atoms. The Labute approximate surface area is 151 Å². The van der Waals surface area contributed by atoms with Gasteiger partial charge in [0.1, 0.15) is 10.7 Å². The number of nitrogens with zero attached hydrogens (tertiary/aromatic N) is 2. The van der Waals surface area contributed by atoms with Crippen molar-refractivity contribution in [2.24, 2.45) is 5.73 Å². The van der Waals surface area contributed by atoms with Crippen LogP contribution < -0.4 is 5.73 Å². The van der Waals surface area contributed by atoms with Gasteiger partial charge in [0.15, 0.2) is 0 Å². The molecule has 2 aromatic rings. The lowest BCUT2D eigenvalue weighted by atomic mass is 10.2. The number of aromatic nitrogens is 1. The highest BCUT2D eigenvalue weighted by Crippen LogP contribution is 2.25. The number of likely N-dealkylation sites (N-methyl/N-ethyl adjacent to an activating group) is 1. The van der Waals surface area contributed by atoms with Crippen molar-refractivity contribution in [3.8, 4) is 10.6 Å². The molecule has 0 aliphatic carbocycles. The second-order valence-corrected chi connectivity index (χ2v) is 5.84. The van der Waals surface area contributed by atoms with Crippen LogP contribution in [0.1, 0.15) is 17.4 Å². The molecule has 1 aromatic carbocycles. The van der Waals surface area contributed by atoms with E-state index >= 15 is 0 Å². The summed E-state index contributed by atoms with van der Waals surface area (Å²) in [5, 5.41) is 3.25. The van der Waals surface area contributed by atoms with Crippen molar-refractivity contribution in [1.29, 1.82) is 0 Å². The maximum atomic E-state index is 12.2. The SMILES string of the molecule is CC(CN)N(C)C(=O)c1csc(-c2ccc(Cl)cc2)n1.Cl.Cl. The second kappa shape index (κ2) is 9.33. The first kappa shape index (κ1) is 21.1. The van der Waals surface area contributed by atoms with E-state index in [2.05, 4.69) is 4.98 Å². The monoisotopic (exact) mass is 381 g/mol. The molecular formula is C14H18Cl3N3OS. The average Bonchev–Trinajstić information content (AvgIpc) is 2.95. The van der Waals surface area contributed by atoms with Crippen LogP contribution in [0, 0.1) is 0 Å².